The lowest BCUT2D eigenvalue weighted by Gasteiger charge is -2.34. The van der Waals surface area contributed by atoms with Gasteiger partial charge in [0.1, 0.15) is 17.4 Å². The van der Waals surface area contributed by atoms with Crippen LogP contribution in [0.15, 0.2) is 66.9 Å². The van der Waals surface area contributed by atoms with Crippen LogP contribution in [0.1, 0.15) is 68.3 Å². The minimum absolute atomic E-state index is 0.0722. The number of aliphatic hydroxyl groups is 1. The van der Waals surface area contributed by atoms with Gasteiger partial charge in [-0.15, -0.1) is 10.2 Å². The fourth-order valence-electron chi connectivity index (χ4n) is 6.90. The van der Waals surface area contributed by atoms with Crippen molar-refractivity contribution in [1.82, 2.24) is 24.8 Å². The Balaban J connectivity index is 1.30. The van der Waals surface area contributed by atoms with E-state index in [2.05, 4.69) is 32.8 Å². The van der Waals surface area contributed by atoms with Crippen LogP contribution in [0, 0.1) is 0 Å². The quantitative estimate of drug-likeness (QED) is 0.148. The zero-order valence-corrected chi connectivity index (χ0v) is 31.0. The van der Waals surface area contributed by atoms with Crippen molar-refractivity contribution in [2.75, 3.05) is 49.7 Å². The molecule has 2 amide bonds. The first-order valence-corrected chi connectivity index (χ1v) is 18.9. The highest BCUT2D eigenvalue weighted by molar-refractivity contribution is 7.92. The Hall–Kier alpha value is -4.99. The number of amides is 2. The average Bonchev–Trinajstić information content (AvgIpc) is 3.72. The molecule has 2 aromatic carbocycles. The highest BCUT2D eigenvalue weighted by atomic mass is 32.2. The van der Waals surface area contributed by atoms with E-state index in [9.17, 15) is 23.1 Å². The Morgan fingerprint density at radius 1 is 1.17 bits per heavy atom. The molecule has 4 aromatic rings. The zero-order valence-electron chi connectivity index (χ0n) is 30.2. The number of anilines is 2. The van der Waals surface area contributed by atoms with Crippen LogP contribution in [-0.4, -0.2) is 85.4 Å². The van der Waals surface area contributed by atoms with Gasteiger partial charge >= 0.3 is 6.03 Å². The summed E-state index contributed by atoms with van der Waals surface area (Å²) >= 11 is 0. The van der Waals surface area contributed by atoms with E-state index < -0.39 is 39.7 Å². The van der Waals surface area contributed by atoms with Gasteiger partial charge in [0, 0.05) is 5.56 Å². The predicted molar refractivity (Wildman–Crippen MR) is 197 cm³/mol. The van der Waals surface area contributed by atoms with Crippen molar-refractivity contribution >= 4 is 39.4 Å². The second kappa shape index (κ2) is 14.2. The lowest BCUT2D eigenvalue weighted by atomic mass is 9.81. The SMILES string of the molecule is COc1c(NC(=O)N[C@@]2(C=O)C=C[C@@H](Oc3ccc4nnc([C@@H]5CCCN5C)n4c3)c3ccccc32)cc(C(C)(C)C)cc1N(CCO)S(C)(=O)=O. The lowest BCUT2D eigenvalue weighted by Crippen LogP contribution is -2.49. The summed E-state index contributed by atoms with van der Waals surface area (Å²) in [6, 6.07) is 13.7. The summed E-state index contributed by atoms with van der Waals surface area (Å²) in [6.07, 6.45) is 8.40. The van der Waals surface area contributed by atoms with E-state index in [1.807, 2.05) is 55.6 Å². The number of hydrogen-bond donors (Lipinski definition) is 3. The summed E-state index contributed by atoms with van der Waals surface area (Å²) in [5.41, 5.74) is 0.920. The molecule has 0 unspecified atom stereocenters. The first kappa shape index (κ1) is 36.8. The number of sulfonamides is 1. The van der Waals surface area contributed by atoms with E-state index >= 15 is 0 Å². The number of urea groups is 1. The van der Waals surface area contributed by atoms with Gasteiger partial charge in [0.15, 0.2) is 23.5 Å². The molecule has 1 aliphatic heterocycles. The molecule has 15 heteroatoms. The molecule has 0 bridgehead atoms. The normalized spacial score (nSPS) is 20.4. The van der Waals surface area contributed by atoms with Crippen molar-refractivity contribution < 1.29 is 32.6 Å². The largest absolute Gasteiger partial charge is 0.492 e. The zero-order chi connectivity index (χ0) is 37.4. The van der Waals surface area contributed by atoms with Gasteiger partial charge in [-0.25, -0.2) is 13.2 Å². The number of aromatic nitrogens is 3. The van der Waals surface area contributed by atoms with Gasteiger partial charge in [0.2, 0.25) is 10.0 Å². The number of fused-ring (bicyclic) bond motifs is 2. The third kappa shape index (κ3) is 7.07. The number of rotatable bonds is 11. The van der Waals surface area contributed by atoms with Crippen LogP contribution in [0.5, 0.6) is 11.5 Å². The molecule has 2 aromatic heterocycles. The van der Waals surface area contributed by atoms with Crippen molar-refractivity contribution in [1.29, 1.82) is 0 Å². The number of nitrogens with zero attached hydrogens (tertiary/aromatic N) is 5. The Bertz CT molecular complexity index is 2130. The average molecular weight is 732 g/mol. The Morgan fingerprint density at radius 3 is 2.60 bits per heavy atom. The topological polar surface area (TPSA) is 168 Å². The standard InChI is InChI=1S/C37H45N7O7S/c1-36(2,3)24-20-28(33(50-5)30(21-24)44(18-19-45)52(6,48)49)38-35(47)39-37(23-46)16-15-31(26-10-7-8-11-27(26)37)51-25-13-14-32-40-41-34(43(32)22-25)29-12-9-17-42(29)4/h7-8,10-11,13-16,20-23,29,31,45H,9,12,17-19H2,1-6H3,(H2,38,39,47)/t29-,31+,37+/m0/s1. The second-order valence-corrected chi connectivity index (χ2v) is 16.1. The summed E-state index contributed by atoms with van der Waals surface area (Å²) in [4.78, 5) is 29.1. The van der Waals surface area contributed by atoms with E-state index in [-0.39, 0.29) is 29.7 Å². The van der Waals surface area contributed by atoms with Crippen molar-refractivity contribution in [3.8, 4) is 11.5 Å². The summed E-state index contributed by atoms with van der Waals surface area (Å²) in [7, 11) is -0.403. The maximum absolute atomic E-state index is 13.8. The van der Waals surface area contributed by atoms with Gasteiger partial charge in [0.05, 0.1) is 50.1 Å². The third-order valence-corrected chi connectivity index (χ3v) is 10.8. The molecule has 6 rings (SSSR count). The van der Waals surface area contributed by atoms with E-state index in [1.165, 1.54) is 7.11 Å². The fourth-order valence-corrected chi connectivity index (χ4v) is 7.81. The maximum atomic E-state index is 13.8. The van der Waals surface area contributed by atoms with Gasteiger partial charge in [-0.05, 0) is 79.4 Å². The number of carbonyl (C=O) groups is 2. The molecule has 0 radical (unpaired) electrons. The Morgan fingerprint density at radius 2 is 1.94 bits per heavy atom. The third-order valence-electron chi connectivity index (χ3n) is 9.60. The lowest BCUT2D eigenvalue weighted by molar-refractivity contribution is -0.111. The van der Waals surface area contributed by atoms with Crippen molar-refractivity contribution in [2.45, 2.75) is 56.7 Å². The van der Waals surface area contributed by atoms with E-state index in [0.29, 0.717) is 34.4 Å². The minimum Gasteiger partial charge on any atom is -0.492 e. The van der Waals surface area contributed by atoms with E-state index in [0.717, 1.165) is 35.8 Å². The van der Waals surface area contributed by atoms with Crippen LogP contribution in [0.25, 0.3) is 5.65 Å². The van der Waals surface area contributed by atoms with E-state index in [4.69, 9.17) is 9.47 Å². The molecule has 1 aliphatic carbocycles. The molecule has 3 heterocycles. The number of ether oxygens (including phenoxy) is 2. The number of benzene rings is 2. The number of nitrogens with one attached hydrogen (secondary N) is 2. The van der Waals surface area contributed by atoms with Gasteiger partial charge in [-0.3, -0.25) is 18.4 Å². The molecule has 0 spiro atoms. The number of methoxy groups -OCH3 is 1. The van der Waals surface area contributed by atoms with Crippen LogP contribution in [0.4, 0.5) is 16.2 Å². The molecular formula is C37H45N7O7S. The van der Waals surface area contributed by atoms with Crippen LogP contribution in [-0.2, 0) is 25.8 Å². The van der Waals surface area contributed by atoms with Crippen LogP contribution in [0.3, 0.4) is 0 Å². The van der Waals surface area contributed by atoms with Gasteiger partial charge in [-0.2, -0.15) is 0 Å². The fraction of sp³-hybridized carbons (Fsp3) is 0.405. The first-order valence-electron chi connectivity index (χ1n) is 17.1. The summed E-state index contributed by atoms with van der Waals surface area (Å²) in [6.45, 7) is 6.17. The molecule has 2 aliphatic rings. The highest BCUT2D eigenvalue weighted by Crippen LogP contribution is 2.42. The molecule has 1 fully saturated rings. The van der Waals surface area contributed by atoms with Crippen molar-refractivity contribution in [3.63, 3.8) is 0 Å². The molecule has 0 saturated carbocycles. The van der Waals surface area contributed by atoms with Gasteiger partial charge in [0.25, 0.3) is 0 Å². The Kier molecular flexibility index (Phi) is 10.0. The van der Waals surface area contributed by atoms with Crippen molar-refractivity contribution in [2.24, 2.45) is 0 Å². The molecule has 14 nitrogen and oxygen atoms in total. The number of aliphatic hydroxyl groups excluding tert-OH is 1. The molecule has 3 atom stereocenters. The van der Waals surface area contributed by atoms with Gasteiger partial charge in [-0.1, -0.05) is 45.0 Å². The molecule has 276 valence electrons. The molecule has 52 heavy (non-hydrogen) atoms. The number of likely N-dealkylation sites (tertiary alicyclic amines) is 1. The number of carbonyl (C=O) groups excluding carboxylic acids is 2. The summed E-state index contributed by atoms with van der Waals surface area (Å²) in [5.74, 6) is 1.50. The summed E-state index contributed by atoms with van der Waals surface area (Å²) < 4.78 is 40.8. The monoisotopic (exact) mass is 731 g/mol. The summed E-state index contributed by atoms with van der Waals surface area (Å²) in [5, 5.41) is 24.2. The maximum Gasteiger partial charge on any atom is 0.320 e. The first-order chi connectivity index (χ1) is 24.7. The van der Waals surface area contributed by atoms with Crippen LogP contribution in [0.2, 0.25) is 0 Å². The molecule has 1 saturated heterocycles. The van der Waals surface area contributed by atoms with Crippen molar-refractivity contribution in [3.05, 3.63) is 89.4 Å². The number of pyridine rings is 1. The number of aldehydes is 1. The van der Waals surface area contributed by atoms with Crippen LogP contribution >= 0.6 is 0 Å². The Labute approximate surface area is 303 Å². The van der Waals surface area contributed by atoms with Gasteiger partial charge < -0.3 is 25.2 Å². The minimum atomic E-state index is -3.85. The predicted octanol–water partition coefficient (Wildman–Crippen LogP) is 4.47. The smallest absolute Gasteiger partial charge is 0.320 e. The van der Waals surface area contributed by atoms with Crippen LogP contribution < -0.4 is 24.4 Å². The second-order valence-electron chi connectivity index (χ2n) is 14.2. The molecular weight excluding hydrogens is 687 g/mol. The highest BCUT2D eigenvalue weighted by Gasteiger charge is 2.39. The molecule has 3 N–H and O–H groups in total. The number of hydrogen-bond acceptors (Lipinski definition) is 10. The van der Waals surface area contributed by atoms with E-state index in [1.54, 1.807) is 36.4 Å².